The van der Waals surface area contributed by atoms with E-state index < -0.39 is 11.9 Å². The summed E-state index contributed by atoms with van der Waals surface area (Å²) in [6, 6.07) is 3.56. The van der Waals surface area contributed by atoms with Gasteiger partial charge in [0.15, 0.2) is 11.7 Å². The minimum Gasteiger partial charge on any atom is -0.468 e. The summed E-state index contributed by atoms with van der Waals surface area (Å²) in [7, 11) is 1.27. The van der Waals surface area contributed by atoms with Crippen LogP contribution < -0.4 is 0 Å². The number of hydrogen-bond donors (Lipinski definition) is 0. The van der Waals surface area contributed by atoms with Crippen LogP contribution in [-0.4, -0.2) is 23.8 Å². The molecule has 0 saturated carbocycles. The first kappa shape index (κ1) is 8.87. The van der Waals surface area contributed by atoms with Crippen molar-refractivity contribution in [1.82, 2.24) is 4.98 Å². The molecule has 1 aliphatic carbocycles. The van der Waals surface area contributed by atoms with E-state index in [0.717, 1.165) is 5.56 Å². The van der Waals surface area contributed by atoms with Crippen LogP contribution in [0.15, 0.2) is 18.3 Å². The molecule has 1 aliphatic rings. The highest BCUT2D eigenvalue weighted by molar-refractivity contribution is 6.07. The molecule has 1 heterocycles. The third-order valence-corrected chi connectivity index (χ3v) is 2.32. The summed E-state index contributed by atoms with van der Waals surface area (Å²) in [5.41, 5.74) is 1.37. The second-order valence-electron chi connectivity index (χ2n) is 3.15. The smallest absolute Gasteiger partial charge is 0.322 e. The number of rotatable bonds is 1. The highest BCUT2D eigenvalue weighted by Gasteiger charge is 2.38. The van der Waals surface area contributed by atoms with E-state index in [9.17, 15) is 9.59 Å². The van der Waals surface area contributed by atoms with Gasteiger partial charge in [0, 0.05) is 12.6 Å². The molecule has 0 saturated heterocycles. The quantitative estimate of drug-likeness (QED) is 0.478. The fourth-order valence-electron chi connectivity index (χ4n) is 1.66. The van der Waals surface area contributed by atoms with Crippen molar-refractivity contribution in [2.24, 2.45) is 0 Å². The van der Waals surface area contributed by atoms with Gasteiger partial charge in [-0.3, -0.25) is 14.6 Å². The fourth-order valence-corrected chi connectivity index (χ4v) is 1.66. The maximum absolute atomic E-state index is 11.5. The van der Waals surface area contributed by atoms with E-state index in [1.807, 2.05) is 6.07 Å². The van der Waals surface area contributed by atoms with E-state index in [1.54, 1.807) is 12.3 Å². The lowest BCUT2D eigenvalue weighted by atomic mass is 10.1. The molecule has 2 rings (SSSR count). The van der Waals surface area contributed by atoms with Gasteiger partial charge in [0.2, 0.25) is 0 Å². The number of Topliss-reactive ketones (excluding diaryl/α,β-unsaturated/α-hetero) is 1. The maximum atomic E-state index is 11.5. The normalized spacial score (nSPS) is 19.2. The first-order valence-corrected chi connectivity index (χ1v) is 4.28. The second kappa shape index (κ2) is 3.21. The molecule has 72 valence electrons. The van der Waals surface area contributed by atoms with Gasteiger partial charge in [-0.25, -0.2) is 0 Å². The van der Waals surface area contributed by atoms with Gasteiger partial charge >= 0.3 is 5.97 Å². The minimum absolute atomic E-state index is 0.134. The molecule has 0 aliphatic heterocycles. The zero-order chi connectivity index (χ0) is 10.1. The fraction of sp³-hybridized carbons (Fsp3) is 0.300. The lowest BCUT2D eigenvalue weighted by molar-refractivity contribution is -0.145. The summed E-state index contributed by atoms with van der Waals surface area (Å²) in [5, 5.41) is 0. The SMILES string of the molecule is COC(=O)C1C(=O)Cc2cccnc21. The lowest BCUT2D eigenvalue weighted by Crippen LogP contribution is -2.19. The van der Waals surface area contributed by atoms with Crippen LogP contribution >= 0.6 is 0 Å². The number of carbonyl (C=O) groups excluding carboxylic acids is 2. The first-order chi connectivity index (χ1) is 6.74. The number of ketones is 1. The molecule has 4 nitrogen and oxygen atoms in total. The number of aromatic nitrogens is 1. The van der Waals surface area contributed by atoms with Gasteiger partial charge in [0.25, 0.3) is 0 Å². The number of fused-ring (bicyclic) bond motifs is 1. The zero-order valence-corrected chi connectivity index (χ0v) is 7.69. The average Bonchev–Trinajstić information content (AvgIpc) is 2.53. The van der Waals surface area contributed by atoms with Crippen molar-refractivity contribution in [2.45, 2.75) is 12.3 Å². The van der Waals surface area contributed by atoms with Crippen molar-refractivity contribution in [1.29, 1.82) is 0 Å². The third-order valence-electron chi connectivity index (χ3n) is 2.32. The van der Waals surface area contributed by atoms with Crippen molar-refractivity contribution in [3.8, 4) is 0 Å². The summed E-state index contributed by atoms with van der Waals surface area (Å²) in [5.74, 6) is -1.46. The molecule has 14 heavy (non-hydrogen) atoms. The summed E-state index contributed by atoms with van der Waals surface area (Å²) < 4.78 is 4.56. The Balaban J connectivity index is 2.44. The molecule has 0 N–H and O–H groups in total. The Morgan fingerprint density at radius 2 is 2.43 bits per heavy atom. The van der Waals surface area contributed by atoms with E-state index in [4.69, 9.17) is 0 Å². The number of pyridine rings is 1. The maximum Gasteiger partial charge on any atom is 0.322 e. The van der Waals surface area contributed by atoms with Crippen molar-refractivity contribution in [2.75, 3.05) is 7.11 Å². The topological polar surface area (TPSA) is 56.3 Å². The van der Waals surface area contributed by atoms with E-state index in [-0.39, 0.29) is 12.2 Å². The second-order valence-corrected chi connectivity index (χ2v) is 3.15. The molecule has 0 radical (unpaired) electrons. The van der Waals surface area contributed by atoms with Crippen LogP contribution in [0.5, 0.6) is 0 Å². The molecule has 0 amide bonds. The molecule has 1 atom stereocenters. The molecule has 0 aromatic carbocycles. The first-order valence-electron chi connectivity index (χ1n) is 4.28. The third kappa shape index (κ3) is 1.19. The average molecular weight is 191 g/mol. The van der Waals surface area contributed by atoms with Crippen molar-refractivity contribution in [3.05, 3.63) is 29.6 Å². The Kier molecular flexibility index (Phi) is 2.04. The van der Waals surface area contributed by atoms with Gasteiger partial charge in [-0.15, -0.1) is 0 Å². The standard InChI is InChI=1S/C10H9NO3/c1-14-10(13)8-7(12)5-6-3-2-4-11-9(6)8/h2-4,8H,5H2,1H3. The minimum atomic E-state index is -0.809. The monoisotopic (exact) mass is 191 g/mol. The lowest BCUT2D eigenvalue weighted by Gasteiger charge is -2.05. The molecule has 1 unspecified atom stereocenters. The predicted octanol–water partition coefficient (Wildman–Crippen LogP) is 0.463. The number of esters is 1. The van der Waals surface area contributed by atoms with Gasteiger partial charge < -0.3 is 4.74 Å². The zero-order valence-electron chi connectivity index (χ0n) is 7.69. The highest BCUT2D eigenvalue weighted by Crippen LogP contribution is 2.28. The molecular weight excluding hydrogens is 182 g/mol. The Morgan fingerprint density at radius 1 is 1.64 bits per heavy atom. The van der Waals surface area contributed by atoms with Crippen LogP contribution in [0, 0.1) is 0 Å². The van der Waals surface area contributed by atoms with E-state index in [1.165, 1.54) is 7.11 Å². The molecular formula is C10H9NO3. The van der Waals surface area contributed by atoms with Crippen molar-refractivity contribution in [3.63, 3.8) is 0 Å². The van der Waals surface area contributed by atoms with Gasteiger partial charge in [-0.05, 0) is 11.6 Å². The summed E-state index contributed by atoms with van der Waals surface area (Å²) in [6.45, 7) is 0. The van der Waals surface area contributed by atoms with Crippen LogP contribution in [0.3, 0.4) is 0 Å². The van der Waals surface area contributed by atoms with E-state index in [2.05, 4.69) is 9.72 Å². The summed E-state index contributed by atoms with van der Waals surface area (Å²) in [6.07, 6.45) is 1.86. The highest BCUT2D eigenvalue weighted by atomic mass is 16.5. The number of hydrogen-bond acceptors (Lipinski definition) is 4. The van der Waals surface area contributed by atoms with Crippen LogP contribution in [0.1, 0.15) is 17.2 Å². The Bertz CT molecular complexity index is 392. The molecule has 0 fully saturated rings. The van der Waals surface area contributed by atoms with Crippen molar-refractivity contribution >= 4 is 11.8 Å². The largest absolute Gasteiger partial charge is 0.468 e. The van der Waals surface area contributed by atoms with Gasteiger partial charge in [-0.2, -0.15) is 0 Å². The van der Waals surface area contributed by atoms with E-state index in [0.29, 0.717) is 5.69 Å². The number of methoxy groups -OCH3 is 1. The van der Waals surface area contributed by atoms with Crippen LogP contribution in [0.4, 0.5) is 0 Å². The molecule has 1 aromatic heterocycles. The van der Waals surface area contributed by atoms with Gasteiger partial charge in [-0.1, -0.05) is 6.07 Å². The van der Waals surface area contributed by atoms with Gasteiger partial charge in [0.05, 0.1) is 12.8 Å². The predicted molar refractivity (Wildman–Crippen MR) is 47.7 cm³/mol. The molecule has 4 heteroatoms. The Labute approximate surface area is 80.9 Å². The van der Waals surface area contributed by atoms with E-state index >= 15 is 0 Å². The molecule has 0 bridgehead atoms. The molecule has 1 aromatic rings. The summed E-state index contributed by atoms with van der Waals surface area (Å²) in [4.78, 5) is 26.8. The Hall–Kier alpha value is -1.71. The van der Waals surface area contributed by atoms with Gasteiger partial charge in [0.1, 0.15) is 0 Å². The summed E-state index contributed by atoms with van der Waals surface area (Å²) >= 11 is 0. The van der Waals surface area contributed by atoms with Crippen LogP contribution in [-0.2, 0) is 20.7 Å². The van der Waals surface area contributed by atoms with Crippen LogP contribution in [0.2, 0.25) is 0 Å². The number of carbonyl (C=O) groups is 2. The number of nitrogens with zero attached hydrogens (tertiary/aromatic N) is 1. The number of ether oxygens (including phenoxy) is 1. The van der Waals surface area contributed by atoms with Crippen LogP contribution in [0.25, 0.3) is 0 Å². The van der Waals surface area contributed by atoms with Crippen molar-refractivity contribution < 1.29 is 14.3 Å². The Morgan fingerprint density at radius 3 is 3.14 bits per heavy atom. The molecule has 0 spiro atoms.